The van der Waals surface area contributed by atoms with E-state index in [1.165, 1.54) is 0 Å². The summed E-state index contributed by atoms with van der Waals surface area (Å²) in [6.07, 6.45) is 4.10. The van der Waals surface area contributed by atoms with Gasteiger partial charge in [-0.2, -0.15) is 4.57 Å². The van der Waals surface area contributed by atoms with E-state index in [1.54, 1.807) is 41.3 Å². The van der Waals surface area contributed by atoms with Crippen molar-refractivity contribution in [3.05, 3.63) is 96.0 Å². The van der Waals surface area contributed by atoms with Crippen molar-refractivity contribution in [1.29, 1.82) is 0 Å². The lowest BCUT2D eigenvalue weighted by atomic mass is 10.1. The molecule has 0 bridgehead atoms. The van der Waals surface area contributed by atoms with E-state index in [0.717, 1.165) is 5.56 Å². The number of halogens is 1. The van der Waals surface area contributed by atoms with Crippen LogP contribution in [0.25, 0.3) is 11.3 Å². The maximum Gasteiger partial charge on any atom is 0.359 e. The highest BCUT2D eigenvalue weighted by Gasteiger charge is 2.42. The smallest absolute Gasteiger partial charge is 0.359 e. The summed E-state index contributed by atoms with van der Waals surface area (Å²) in [5, 5.41) is 3.26. The zero-order valence-corrected chi connectivity index (χ0v) is 23.4. The number of furan rings is 1. The maximum absolute atomic E-state index is 15.9. The van der Waals surface area contributed by atoms with Crippen LogP contribution in [0.2, 0.25) is 18.1 Å². The molecule has 1 aliphatic rings. The second-order valence-electron chi connectivity index (χ2n) is 11.3. The third-order valence-corrected chi connectivity index (χ3v) is 11.8. The third-order valence-electron chi connectivity index (χ3n) is 7.48. The SMILES string of the molecule is CC(C)(C)[Si](C)(C)Oc1cccc(-c2c[n+]3c(c(Cc4ccccc4)n2)NC(Cc2ccco2)C3=O)c1F. The quantitative estimate of drug-likeness (QED) is 0.221. The van der Waals surface area contributed by atoms with Gasteiger partial charge in [-0.3, -0.25) is 5.32 Å². The van der Waals surface area contributed by atoms with Crippen LogP contribution in [0.5, 0.6) is 5.75 Å². The summed E-state index contributed by atoms with van der Waals surface area (Å²) in [4.78, 5) is 18.4. The minimum atomic E-state index is -2.27. The zero-order valence-electron chi connectivity index (χ0n) is 22.4. The van der Waals surface area contributed by atoms with E-state index in [0.29, 0.717) is 41.4 Å². The van der Waals surface area contributed by atoms with Crippen LogP contribution in [0.1, 0.15) is 42.6 Å². The van der Waals surface area contributed by atoms with Gasteiger partial charge in [0, 0.05) is 12.0 Å². The van der Waals surface area contributed by atoms with E-state index >= 15 is 4.39 Å². The minimum Gasteiger partial charge on any atom is -0.542 e. The Kier molecular flexibility index (Phi) is 6.69. The zero-order chi connectivity index (χ0) is 27.1. The first-order valence-electron chi connectivity index (χ1n) is 12.8. The van der Waals surface area contributed by atoms with Crippen LogP contribution in [0.3, 0.4) is 0 Å². The Balaban J connectivity index is 1.57. The predicted molar refractivity (Wildman–Crippen MR) is 147 cm³/mol. The van der Waals surface area contributed by atoms with Gasteiger partial charge < -0.3 is 8.84 Å². The van der Waals surface area contributed by atoms with Crippen LogP contribution in [-0.2, 0) is 12.8 Å². The first kappa shape index (κ1) is 25.8. The molecule has 6 nitrogen and oxygen atoms in total. The standard InChI is InChI=1S/C30H32FN3O3Si/c1-30(2,3)38(4,5)37-26-15-9-14-22(27(26)31)25-19-34-28(23(32-25)17-20-11-7-6-8-12-20)33-24(29(34)35)18-21-13-10-16-36-21/h6-16,19,24H,17-18H2,1-5H3/p+1. The Labute approximate surface area is 223 Å². The third kappa shape index (κ3) is 5.00. The molecule has 0 aliphatic carbocycles. The average molecular weight is 531 g/mol. The Hall–Kier alpha value is -3.78. The van der Waals surface area contributed by atoms with Gasteiger partial charge in [0.2, 0.25) is 6.04 Å². The first-order valence-corrected chi connectivity index (χ1v) is 15.7. The Morgan fingerprint density at radius 3 is 2.53 bits per heavy atom. The van der Waals surface area contributed by atoms with Crippen molar-refractivity contribution in [2.45, 2.75) is 57.8 Å². The summed E-state index contributed by atoms with van der Waals surface area (Å²) in [5.41, 5.74) is 2.39. The Bertz CT molecular complexity index is 1460. The molecule has 8 heteroatoms. The van der Waals surface area contributed by atoms with Crippen molar-refractivity contribution in [3.63, 3.8) is 0 Å². The summed E-state index contributed by atoms with van der Waals surface area (Å²) >= 11 is 0. The minimum absolute atomic E-state index is 0.0823. The monoisotopic (exact) mass is 530 g/mol. The van der Waals surface area contributed by atoms with Gasteiger partial charge in [-0.25, -0.2) is 14.2 Å². The van der Waals surface area contributed by atoms with Crippen molar-refractivity contribution in [2.24, 2.45) is 0 Å². The van der Waals surface area contributed by atoms with Gasteiger partial charge in [0.1, 0.15) is 29.1 Å². The number of anilines is 1. The van der Waals surface area contributed by atoms with Crippen molar-refractivity contribution in [3.8, 4) is 17.0 Å². The van der Waals surface area contributed by atoms with Crippen LogP contribution < -0.4 is 14.3 Å². The second-order valence-corrected chi connectivity index (χ2v) is 16.0. The summed E-state index contributed by atoms with van der Waals surface area (Å²) in [7, 11) is -2.27. The Morgan fingerprint density at radius 1 is 1.08 bits per heavy atom. The molecular weight excluding hydrogens is 497 g/mol. The van der Waals surface area contributed by atoms with Crippen molar-refractivity contribution < 1.29 is 22.6 Å². The number of aromatic nitrogens is 2. The molecule has 5 rings (SSSR count). The molecule has 0 fully saturated rings. The van der Waals surface area contributed by atoms with E-state index < -0.39 is 20.2 Å². The van der Waals surface area contributed by atoms with E-state index in [-0.39, 0.29) is 16.7 Å². The fraction of sp³-hybridized carbons (Fsp3) is 0.300. The summed E-state index contributed by atoms with van der Waals surface area (Å²) in [6.45, 7) is 10.5. The molecule has 0 spiro atoms. The number of carbonyl (C=O) groups is 1. The van der Waals surface area contributed by atoms with Crippen LogP contribution in [-0.4, -0.2) is 25.3 Å². The van der Waals surface area contributed by atoms with Gasteiger partial charge in [0.25, 0.3) is 8.32 Å². The summed E-state index contributed by atoms with van der Waals surface area (Å²) in [6, 6.07) is 18.2. The number of nitrogens with one attached hydrogen (secondary N) is 1. The highest BCUT2D eigenvalue weighted by atomic mass is 28.4. The number of nitrogens with zero attached hydrogens (tertiary/aromatic N) is 2. The molecular formula is C30H33FN3O3Si+. The average Bonchev–Trinajstić information content (AvgIpc) is 3.49. The maximum atomic E-state index is 15.9. The van der Waals surface area contributed by atoms with Crippen molar-refractivity contribution in [2.75, 3.05) is 5.32 Å². The second kappa shape index (κ2) is 9.83. The van der Waals surface area contributed by atoms with E-state index in [2.05, 4.69) is 39.2 Å². The van der Waals surface area contributed by atoms with Crippen LogP contribution in [0, 0.1) is 5.82 Å². The molecule has 4 aromatic rings. The van der Waals surface area contributed by atoms with Gasteiger partial charge in [0.15, 0.2) is 5.82 Å². The molecule has 0 amide bonds. The lowest BCUT2D eigenvalue weighted by Gasteiger charge is -2.36. The number of rotatable bonds is 7. The molecule has 2 aromatic carbocycles. The number of benzene rings is 2. The van der Waals surface area contributed by atoms with E-state index in [9.17, 15) is 4.79 Å². The lowest BCUT2D eigenvalue weighted by Crippen LogP contribution is -2.44. The lowest BCUT2D eigenvalue weighted by molar-refractivity contribution is -0.552. The fourth-order valence-electron chi connectivity index (χ4n) is 4.30. The molecule has 2 aromatic heterocycles. The largest absolute Gasteiger partial charge is 0.542 e. The highest BCUT2D eigenvalue weighted by molar-refractivity contribution is 6.74. The van der Waals surface area contributed by atoms with Gasteiger partial charge >= 0.3 is 11.7 Å². The highest BCUT2D eigenvalue weighted by Crippen LogP contribution is 2.39. The molecule has 0 saturated carbocycles. The molecule has 1 atom stereocenters. The molecule has 38 heavy (non-hydrogen) atoms. The first-order chi connectivity index (χ1) is 18.0. The number of fused-ring (bicyclic) bond motifs is 1. The van der Waals surface area contributed by atoms with Crippen molar-refractivity contribution in [1.82, 2.24) is 4.98 Å². The number of hydrogen-bond donors (Lipinski definition) is 1. The molecule has 1 unspecified atom stereocenters. The van der Waals surface area contributed by atoms with Gasteiger partial charge in [-0.05, 0) is 48.0 Å². The number of carbonyl (C=O) groups excluding carboxylic acids is 1. The van der Waals surface area contributed by atoms with Gasteiger partial charge in [-0.15, -0.1) is 0 Å². The van der Waals surface area contributed by atoms with Crippen molar-refractivity contribution >= 4 is 20.0 Å². The molecule has 1 N–H and O–H groups in total. The topological polar surface area (TPSA) is 68.2 Å². The van der Waals surface area contributed by atoms with Gasteiger partial charge in [-0.1, -0.05) is 57.2 Å². The van der Waals surface area contributed by atoms with E-state index in [1.807, 2.05) is 36.4 Å². The number of hydrogen-bond acceptors (Lipinski definition) is 5. The normalized spacial score (nSPS) is 15.3. The predicted octanol–water partition coefficient (Wildman–Crippen LogP) is 6.42. The Morgan fingerprint density at radius 2 is 1.84 bits per heavy atom. The molecule has 0 saturated heterocycles. The van der Waals surface area contributed by atoms with Crippen LogP contribution >= 0.6 is 0 Å². The van der Waals surface area contributed by atoms with Crippen LogP contribution in [0.15, 0.2) is 77.5 Å². The van der Waals surface area contributed by atoms with Crippen LogP contribution in [0.4, 0.5) is 10.2 Å². The van der Waals surface area contributed by atoms with Gasteiger partial charge in [0.05, 0.1) is 12.7 Å². The summed E-state index contributed by atoms with van der Waals surface area (Å²) in [5.74, 6) is 0.938. The molecule has 3 heterocycles. The molecule has 196 valence electrons. The fourth-order valence-corrected chi connectivity index (χ4v) is 5.31. The van der Waals surface area contributed by atoms with E-state index in [4.69, 9.17) is 13.8 Å². The molecule has 1 aliphatic heterocycles. The summed E-state index contributed by atoms with van der Waals surface area (Å²) < 4.78 is 29.3. The molecule has 0 radical (unpaired) electrons.